The number of pyridine rings is 1. The number of amides is 1. The van der Waals surface area contributed by atoms with Gasteiger partial charge in [-0.1, -0.05) is 11.3 Å². The minimum absolute atomic E-state index is 0.0107. The lowest BCUT2D eigenvalue weighted by Crippen LogP contribution is -2.53. The predicted molar refractivity (Wildman–Crippen MR) is 147 cm³/mol. The molecular formula is C26H30F3N7O4S2. The fourth-order valence-electron chi connectivity index (χ4n) is 5.59. The number of carbonyl (C=O) groups excluding carboxylic acids is 1. The quantitative estimate of drug-likeness (QED) is 0.384. The lowest BCUT2D eigenvalue weighted by Gasteiger charge is -2.37. The van der Waals surface area contributed by atoms with E-state index in [4.69, 9.17) is 9.84 Å². The summed E-state index contributed by atoms with van der Waals surface area (Å²) >= 11 is 0.712. The zero-order chi connectivity index (χ0) is 29.6. The molecule has 1 amide bonds. The van der Waals surface area contributed by atoms with Gasteiger partial charge in [-0.3, -0.25) is 4.79 Å². The molecule has 11 nitrogen and oxygen atoms in total. The largest absolute Gasteiger partial charge is 0.368 e. The molecule has 16 heteroatoms. The molecule has 0 bridgehead atoms. The van der Waals surface area contributed by atoms with Gasteiger partial charge in [-0.25, -0.2) is 30.8 Å². The second-order valence-electron chi connectivity index (χ2n) is 11.9. The number of aromatic nitrogens is 4. The maximum absolute atomic E-state index is 16.5. The van der Waals surface area contributed by atoms with E-state index in [-0.39, 0.29) is 54.3 Å². The van der Waals surface area contributed by atoms with Crippen molar-refractivity contribution in [3.63, 3.8) is 0 Å². The van der Waals surface area contributed by atoms with E-state index in [0.29, 0.717) is 48.3 Å². The van der Waals surface area contributed by atoms with E-state index in [0.717, 1.165) is 12.8 Å². The molecule has 0 spiro atoms. The van der Waals surface area contributed by atoms with Crippen LogP contribution in [0.4, 0.5) is 19.0 Å². The Kier molecular flexibility index (Phi) is 6.39. The molecule has 0 aromatic carbocycles. The number of hydrogen-bond donors (Lipinski definition) is 1. The third-order valence-corrected chi connectivity index (χ3v) is 11.2. The number of ether oxygens (including phenoxy) is 1. The maximum Gasteiger partial charge on any atom is 0.291 e. The molecule has 3 aliphatic carbocycles. The Hall–Kier alpha value is -2.82. The third kappa shape index (κ3) is 4.66. The van der Waals surface area contributed by atoms with Crippen molar-refractivity contribution in [3.05, 3.63) is 22.6 Å². The van der Waals surface area contributed by atoms with Crippen molar-refractivity contribution in [1.29, 1.82) is 0 Å². The number of hydrogen-bond acceptors (Lipinski definition) is 9. The highest BCUT2D eigenvalue weighted by molar-refractivity contribution is 7.89. The van der Waals surface area contributed by atoms with Crippen molar-refractivity contribution in [2.45, 2.75) is 73.8 Å². The summed E-state index contributed by atoms with van der Waals surface area (Å²) in [5, 5.41) is 12.1. The Morgan fingerprint density at radius 3 is 2.38 bits per heavy atom. The van der Waals surface area contributed by atoms with E-state index < -0.39 is 43.3 Å². The van der Waals surface area contributed by atoms with E-state index in [1.807, 2.05) is 0 Å². The molecule has 4 heterocycles. The zero-order valence-electron chi connectivity index (χ0n) is 23.1. The van der Waals surface area contributed by atoms with Gasteiger partial charge in [0.15, 0.2) is 21.7 Å². The lowest BCUT2D eigenvalue weighted by atomic mass is 10.1. The molecule has 0 radical (unpaired) electrons. The molecule has 0 atom stereocenters. The number of carbonyl (C=O) groups is 1. The highest BCUT2D eigenvalue weighted by Crippen LogP contribution is 2.48. The van der Waals surface area contributed by atoms with Gasteiger partial charge in [0.25, 0.3) is 12.3 Å². The molecule has 226 valence electrons. The SMILES string of the molecule is COC1(C(=O)N2CCN(c3c(F)c(S(=O)(=O)NC4(C)CC4)cc4c(-c5nnc(C(F)F)s5)c(C5CC5)nn34)CC2)CC1. The molecule has 4 aliphatic rings. The highest BCUT2D eigenvalue weighted by atomic mass is 32.2. The molecule has 4 fully saturated rings. The summed E-state index contributed by atoms with van der Waals surface area (Å²) in [5.41, 5.74) is -0.247. The number of halogens is 3. The minimum Gasteiger partial charge on any atom is -0.368 e. The first-order valence-electron chi connectivity index (χ1n) is 14.0. The van der Waals surface area contributed by atoms with Crippen molar-refractivity contribution in [1.82, 2.24) is 29.4 Å². The van der Waals surface area contributed by atoms with Gasteiger partial charge >= 0.3 is 0 Å². The van der Waals surface area contributed by atoms with Gasteiger partial charge in [0, 0.05) is 44.7 Å². The smallest absolute Gasteiger partial charge is 0.291 e. The van der Waals surface area contributed by atoms with E-state index in [9.17, 15) is 22.0 Å². The standard InChI is InChI=1S/C26H30F3N7O4S2/c1-25(5-6-25)33-42(38,39)16-13-15-17(21-30-31-22(41-21)20(28)29)19(14-3-4-14)32-36(15)23(18(16)27)34-9-11-35(12-10-34)24(37)26(40-2)7-8-26/h13-14,20,33H,3-12H2,1-2H3. The van der Waals surface area contributed by atoms with Crippen LogP contribution in [0.1, 0.15) is 68.5 Å². The van der Waals surface area contributed by atoms with Gasteiger partial charge < -0.3 is 14.5 Å². The zero-order valence-corrected chi connectivity index (χ0v) is 24.7. The first-order chi connectivity index (χ1) is 20.0. The number of nitrogens with zero attached hydrogens (tertiary/aromatic N) is 6. The van der Waals surface area contributed by atoms with E-state index in [2.05, 4.69) is 14.9 Å². The number of nitrogens with one attached hydrogen (secondary N) is 1. The van der Waals surface area contributed by atoms with Crippen LogP contribution in [0.2, 0.25) is 0 Å². The number of sulfonamides is 1. The topological polar surface area (TPSA) is 122 Å². The van der Waals surface area contributed by atoms with Gasteiger partial charge in [-0.15, -0.1) is 10.2 Å². The number of rotatable bonds is 9. The van der Waals surface area contributed by atoms with Gasteiger partial charge in [-0.05, 0) is 51.5 Å². The number of piperazine rings is 1. The van der Waals surface area contributed by atoms with Gasteiger partial charge in [-0.2, -0.15) is 5.10 Å². The summed E-state index contributed by atoms with van der Waals surface area (Å²) in [7, 11) is -2.79. The average Bonchev–Trinajstić information content (AvgIpc) is 3.91. The summed E-state index contributed by atoms with van der Waals surface area (Å²) in [6.45, 7) is 2.79. The van der Waals surface area contributed by atoms with Crippen LogP contribution in [0.25, 0.3) is 16.1 Å². The fraction of sp³-hybridized carbons (Fsp3) is 0.615. The molecule has 7 rings (SSSR count). The molecule has 3 aromatic rings. The second-order valence-corrected chi connectivity index (χ2v) is 14.5. The van der Waals surface area contributed by atoms with E-state index >= 15 is 4.39 Å². The molecular weight excluding hydrogens is 595 g/mol. The molecule has 42 heavy (non-hydrogen) atoms. The normalized spacial score (nSPS) is 21.4. The summed E-state index contributed by atoms with van der Waals surface area (Å²) < 4.78 is 80.0. The number of anilines is 1. The second kappa shape index (κ2) is 9.59. The molecule has 1 N–H and O–H groups in total. The first-order valence-corrected chi connectivity index (χ1v) is 16.3. The Labute approximate surface area is 244 Å². The van der Waals surface area contributed by atoms with E-state index in [1.54, 1.807) is 16.7 Å². The van der Waals surface area contributed by atoms with Crippen LogP contribution in [-0.4, -0.2) is 83.5 Å². The van der Waals surface area contributed by atoms with Crippen molar-refractivity contribution < 1.29 is 31.1 Å². The maximum atomic E-state index is 16.5. The number of alkyl halides is 2. The van der Waals surface area contributed by atoms with Crippen LogP contribution < -0.4 is 9.62 Å². The van der Waals surface area contributed by atoms with E-state index in [1.165, 1.54) is 17.7 Å². The molecule has 0 unspecified atom stereocenters. The van der Waals surface area contributed by atoms with Crippen molar-refractivity contribution in [3.8, 4) is 10.6 Å². The molecule has 3 aromatic heterocycles. The predicted octanol–water partition coefficient (Wildman–Crippen LogP) is 3.47. The van der Waals surface area contributed by atoms with Crippen LogP contribution in [-0.2, 0) is 19.6 Å². The summed E-state index contributed by atoms with van der Waals surface area (Å²) in [6.07, 6.45) is 1.37. The van der Waals surface area contributed by atoms with Crippen molar-refractivity contribution in [2.24, 2.45) is 0 Å². The van der Waals surface area contributed by atoms with Crippen LogP contribution in [0, 0.1) is 5.82 Å². The minimum atomic E-state index is -4.31. The summed E-state index contributed by atoms with van der Waals surface area (Å²) in [6, 6.07) is 1.22. The first kappa shape index (κ1) is 28.0. The summed E-state index contributed by atoms with van der Waals surface area (Å²) in [4.78, 5) is 15.9. The Bertz CT molecular complexity index is 1690. The van der Waals surface area contributed by atoms with Crippen LogP contribution in [0.15, 0.2) is 11.0 Å². The summed E-state index contributed by atoms with van der Waals surface area (Å²) in [5.74, 6) is -1.11. The fourth-order valence-corrected chi connectivity index (χ4v) is 7.90. The Morgan fingerprint density at radius 2 is 1.83 bits per heavy atom. The van der Waals surface area contributed by atoms with Crippen molar-refractivity contribution >= 4 is 38.6 Å². The van der Waals surface area contributed by atoms with Crippen LogP contribution in [0.5, 0.6) is 0 Å². The van der Waals surface area contributed by atoms with Gasteiger partial charge in [0.2, 0.25) is 10.0 Å². The Morgan fingerprint density at radius 1 is 1.14 bits per heavy atom. The van der Waals surface area contributed by atoms with Gasteiger partial charge in [0.1, 0.15) is 10.5 Å². The third-order valence-electron chi connectivity index (χ3n) is 8.66. The molecule has 1 saturated heterocycles. The lowest BCUT2D eigenvalue weighted by molar-refractivity contribution is -0.144. The molecule has 3 saturated carbocycles. The van der Waals surface area contributed by atoms with Crippen molar-refractivity contribution in [2.75, 3.05) is 38.2 Å². The van der Waals surface area contributed by atoms with Crippen LogP contribution in [0.3, 0.4) is 0 Å². The average molecular weight is 626 g/mol. The highest BCUT2D eigenvalue weighted by Gasteiger charge is 2.53. The van der Waals surface area contributed by atoms with Gasteiger partial charge in [0.05, 0.1) is 16.8 Å². The number of fused-ring (bicyclic) bond motifs is 1. The number of methoxy groups -OCH3 is 1. The monoisotopic (exact) mass is 625 g/mol. The molecule has 1 aliphatic heterocycles. The van der Waals surface area contributed by atoms with Crippen LogP contribution >= 0.6 is 11.3 Å². The Balaban J connectivity index is 1.35.